The molecule has 1 aliphatic rings. The number of benzene rings is 2. The van der Waals surface area contributed by atoms with E-state index < -0.39 is 11.9 Å². The second-order valence-corrected chi connectivity index (χ2v) is 4.17. The van der Waals surface area contributed by atoms with Crippen molar-refractivity contribution in [2.24, 2.45) is 0 Å². The molecule has 1 aliphatic heterocycles. The van der Waals surface area contributed by atoms with Crippen molar-refractivity contribution in [3.63, 3.8) is 0 Å². The molecule has 2 aromatic rings. The van der Waals surface area contributed by atoms with Gasteiger partial charge in [0.2, 0.25) is 0 Å². The Morgan fingerprint density at radius 1 is 1.05 bits per heavy atom. The van der Waals surface area contributed by atoms with Crippen molar-refractivity contribution in [3.8, 4) is 5.75 Å². The van der Waals surface area contributed by atoms with E-state index in [4.69, 9.17) is 16.2 Å². The number of cyclic esters (lactones) is 2. The van der Waals surface area contributed by atoms with Crippen LogP contribution in [-0.2, 0) is 4.74 Å². The largest absolute Gasteiger partial charge is 0.495 e. The van der Waals surface area contributed by atoms with Crippen molar-refractivity contribution in [3.05, 3.63) is 29.3 Å². The zero-order valence-corrected chi connectivity index (χ0v) is 10.0. The van der Waals surface area contributed by atoms with Gasteiger partial charge in [0, 0.05) is 16.5 Å². The Morgan fingerprint density at radius 2 is 1.74 bits per heavy atom. The molecule has 0 saturated carbocycles. The fraction of sp³-hybridized carbons (Fsp3) is 0.0769. The molecule has 0 unspecified atom stereocenters. The van der Waals surface area contributed by atoms with Crippen molar-refractivity contribution in [1.29, 1.82) is 0 Å². The third-order valence-corrected chi connectivity index (χ3v) is 3.16. The maximum Gasteiger partial charge on any atom is 0.346 e. The lowest BCUT2D eigenvalue weighted by molar-refractivity contribution is 0.0391. The van der Waals surface area contributed by atoms with Crippen LogP contribution in [0.1, 0.15) is 20.7 Å². The highest BCUT2D eigenvalue weighted by Gasteiger charge is 2.30. The number of methoxy groups -OCH3 is 1. The van der Waals surface area contributed by atoms with E-state index >= 15 is 0 Å². The van der Waals surface area contributed by atoms with Crippen LogP contribution in [0, 0.1) is 0 Å². The summed E-state index contributed by atoms with van der Waals surface area (Å²) >= 11 is 0. The highest BCUT2D eigenvalue weighted by Crippen LogP contribution is 2.40. The topological polar surface area (TPSA) is 105 Å². The number of anilines is 2. The number of esters is 2. The zero-order valence-electron chi connectivity index (χ0n) is 10.0. The standard InChI is InChI=1S/C13H10N2O4/c1-18-8-4-6-9-5(12(16)19-13(6)17)2-3-7(14)10(9)11(8)15/h2-4H,14-15H2,1H3. The summed E-state index contributed by atoms with van der Waals surface area (Å²) in [6.45, 7) is 0. The predicted molar refractivity (Wildman–Crippen MR) is 69.1 cm³/mol. The monoisotopic (exact) mass is 258 g/mol. The van der Waals surface area contributed by atoms with Crippen LogP contribution in [0.5, 0.6) is 5.75 Å². The summed E-state index contributed by atoms with van der Waals surface area (Å²) in [5.74, 6) is -1.11. The molecule has 0 aliphatic carbocycles. The Morgan fingerprint density at radius 3 is 2.42 bits per heavy atom. The molecule has 0 aromatic heterocycles. The molecule has 4 N–H and O–H groups in total. The smallest absolute Gasteiger partial charge is 0.346 e. The van der Waals surface area contributed by atoms with Gasteiger partial charge < -0.3 is 20.9 Å². The maximum atomic E-state index is 11.8. The summed E-state index contributed by atoms with van der Waals surface area (Å²) in [7, 11) is 1.43. The van der Waals surface area contributed by atoms with Crippen LogP contribution < -0.4 is 16.2 Å². The van der Waals surface area contributed by atoms with Crippen LogP contribution in [0.25, 0.3) is 10.8 Å². The van der Waals surface area contributed by atoms with Gasteiger partial charge in [-0.3, -0.25) is 0 Å². The molecule has 0 fully saturated rings. The number of ether oxygens (including phenoxy) is 2. The van der Waals surface area contributed by atoms with Gasteiger partial charge in [0.05, 0.1) is 23.9 Å². The second-order valence-electron chi connectivity index (χ2n) is 4.17. The van der Waals surface area contributed by atoms with Crippen molar-refractivity contribution in [2.75, 3.05) is 18.6 Å². The summed E-state index contributed by atoms with van der Waals surface area (Å²) in [5.41, 5.74) is 13.0. The minimum absolute atomic E-state index is 0.225. The average molecular weight is 258 g/mol. The molecule has 0 atom stereocenters. The number of nitrogens with two attached hydrogens (primary N) is 2. The minimum atomic E-state index is -0.730. The van der Waals surface area contributed by atoms with E-state index in [1.54, 1.807) is 6.07 Å². The predicted octanol–water partition coefficient (Wildman–Crippen LogP) is 1.32. The maximum absolute atomic E-state index is 11.8. The zero-order chi connectivity index (χ0) is 13.7. The summed E-state index contributed by atoms with van der Waals surface area (Å²) in [6.07, 6.45) is 0. The molecule has 96 valence electrons. The van der Waals surface area contributed by atoms with E-state index in [1.807, 2.05) is 0 Å². The number of rotatable bonds is 1. The molecule has 6 heteroatoms. The number of carbonyl (C=O) groups excluding carboxylic acids is 2. The summed E-state index contributed by atoms with van der Waals surface area (Å²) in [6, 6.07) is 4.52. The quantitative estimate of drug-likeness (QED) is 0.454. The van der Waals surface area contributed by atoms with Crippen molar-refractivity contribution >= 4 is 34.1 Å². The first-order chi connectivity index (χ1) is 9.04. The van der Waals surface area contributed by atoms with Crippen molar-refractivity contribution in [2.45, 2.75) is 0 Å². The van der Waals surface area contributed by atoms with Crippen LogP contribution in [-0.4, -0.2) is 19.0 Å². The Labute approximate surface area is 107 Å². The van der Waals surface area contributed by atoms with E-state index in [0.717, 1.165) is 0 Å². The van der Waals surface area contributed by atoms with Gasteiger partial charge in [0.25, 0.3) is 0 Å². The van der Waals surface area contributed by atoms with Gasteiger partial charge >= 0.3 is 11.9 Å². The fourth-order valence-corrected chi connectivity index (χ4v) is 2.29. The highest BCUT2D eigenvalue weighted by molar-refractivity contribution is 6.25. The molecule has 0 radical (unpaired) electrons. The first kappa shape index (κ1) is 11.3. The van der Waals surface area contributed by atoms with Gasteiger partial charge in [0.1, 0.15) is 5.75 Å². The van der Waals surface area contributed by atoms with E-state index in [0.29, 0.717) is 27.9 Å². The Kier molecular flexibility index (Phi) is 2.16. The van der Waals surface area contributed by atoms with Crippen LogP contribution in [0.3, 0.4) is 0 Å². The van der Waals surface area contributed by atoms with Crippen molar-refractivity contribution in [1.82, 2.24) is 0 Å². The molecule has 1 heterocycles. The highest BCUT2D eigenvalue weighted by atomic mass is 16.6. The lowest BCUT2D eigenvalue weighted by Crippen LogP contribution is -2.20. The second kappa shape index (κ2) is 3.61. The SMILES string of the molecule is COc1cc2c3c(ccc(N)c3c1N)C(=O)OC2=O. The van der Waals surface area contributed by atoms with E-state index in [2.05, 4.69) is 4.74 Å². The molecule has 0 bridgehead atoms. The summed E-state index contributed by atoms with van der Waals surface area (Å²) < 4.78 is 9.78. The van der Waals surface area contributed by atoms with E-state index in [9.17, 15) is 9.59 Å². The Hall–Kier alpha value is -2.76. The number of nitrogen functional groups attached to an aromatic ring is 2. The molecule has 0 spiro atoms. The third-order valence-electron chi connectivity index (χ3n) is 3.16. The lowest BCUT2D eigenvalue weighted by Gasteiger charge is -2.19. The Balaban J connectivity index is 2.58. The molecule has 3 rings (SSSR count). The molecule has 6 nitrogen and oxygen atoms in total. The molecular formula is C13H10N2O4. The first-order valence-corrected chi connectivity index (χ1v) is 5.49. The van der Waals surface area contributed by atoms with Gasteiger partial charge in [-0.15, -0.1) is 0 Å². The van der Waals surface area contributed by atoms with Crippen LogP contribution in [0.4, 0.5) is 11.4 Å². The van der Waals surface area contributed by atoms with Crippen LogP contribution >= 0.6 is 0 Å². The van der Waals surface area contributed by atoms with Crippen molar-refractivity contribution < 1.29 is 19.1 Å². The third kappa shape index (κ3) is 1.36. The van der Waals surface area contributed by atoms with Crippen LogP contribution in [0.15, 0.2) is 18.2 Å². The number of carbonyl (C=O) groups is 2. The Bertz CT molecular complexity index is 752. The van der Waals surface area contributed by atoms with Gasteiger partial charge in [0.15, 0.2) is 0 Å². The van der Waals surface area contributed by atoms with Crippen LogP contribution in [0.2, 0.25) is 0 Å². The van der Waals surface area contributed by atoms with Gasteiger partial charge in [-0.25, -0.2) is 9.59 Å². The molecule has 2 aromatic carbocycles. The minimum Gasteiger partial charge on any atom is -0.495 e. The number of hydrogen-bond donors (Lipinski definition) is 2. The van der Waals surface area contributed by atoms with Gasteiger partial charge in [-0.05, 0) is 18.2 Å². The molecule has 0 saturated heterocycles. The first-order valence-electron chi connectivity index (χ1n) is 5.49. The summed E-state index contributed by atoms with van der Waals surface area (Å²) in [4.78, 5) is 23.5. The lowest BCUT2D eigenvalue weighted by atomic mass is 9.94. The number of hydrogen-bond acceptors (Lipinski definition) is 6. The van der Waals surface area contributed by atoms with E-state index in [1.165, 1.54) is 19.2 Å². The van der Waals surface area contributed by atoms with Gasteiger partial charge in [-0.1, -0.05) is 0 Å². The normalized spacial score (nSPS) is 13.5. The molecule has 0 amide bonds. The molecule has 19 heavy (non-hydrogen) atoms. The molecular weight excluding hydrogens is 248 g/mol. The summed E-state index contributed by atoms with van der Waals surface area (Å²) in [5, 5.41) is 0.858. The van der Waals surface area contributed by atoms with E-state index in [-0.39, 0.29) is 11.1 Å². The average Bonchev–Trinajstić information content (AvgIpc) is 2.37. The van der Waals surface area contributed by atoms with Gasteiger partial charge in [-0.2, -0.15) is 0 Å². The fourth-order valence-electron chi connectivity index (χ4n) is 2.29.